The Kier molecular flexibility index (Phi) is 9.39. The number of carbonyl (C=O) groups excluding carboxylic acids is 1. The average Bonchev–Trinajstić information content (AvgIpc) is 2.69. The summed E-state index contributed by atoms with van der Waals surface area (Å²) in [6.45, 7) is 3.08. The summed E-state index contributed by atoms with van der Waals surface area (Å²) in [5.74, 6) is -0.397. The molecule has 2 aromatic carbocycles. The van der Waals surface area contributed by atoms with E-state index in [-0.39, 0.29) is 18.0 Å². The molecule has 0 saturated heterocycles. The Morgan fingerprint density at radius 3 is 2.45 bits per heavy atom. The van der Waals surface area contributed by atoms with Crippen LogP contribution in [0.3, 0.4) is 0 Å². The van der Waals surface area contributed by atoms with Crippen molar-refractivity contribution < 1.29 is 17.9 Å². The highest BCUT2D eigenvalue weighted by atomic mass is 35.5. The molecule has 0 saturated carbocycles. The standard InChI is InChI=1S/C20H24Cl2N2O4S/c1-2-28-13-5-12-23-20(25)15-24(14-16-6-3-4-7-19(16)22)29(26,27)18-10-8-17(21)9-11-18/h3-4,6-11H,2,5,12-15H2,1H3,(H,23,25). The largest absolute Gasteiger partial charge is 0.382 e. The second-order valence-electron chi connectivity index (χ2n) is 6.22. The monoisotopic (exact) mass is 458 g/mol. The third-order valence-corrected chi connectivity index (χ3v) is 6.49. The number of hydrogen-bond donors (Lipinski definition) is 1. The van der Waals surface area contributed by atoms with Crippen LogP contribution < -0.4 is 5.32 Å². The van der Waals surface area contributed by atoms with Gasteiger partial charge in [-0.05, 0) is 49.2 Å². The van der Waals surface area contributed by atoms with Crippen LogP contribution in [0, 0.1) is 0 Å². The van der Waals surface area contributed by atoms with Gasteiger partial charge >= 0.3 is 0 Å². The Labute approximate surface area is 181 Å². The van der Waals surface area contributed by atoms with Crippen LogP contribution in [-0.2, 0) is 26.1 Å². The molecule has 1 amide bonds. The predicted octanol–water partition coefficient (Wildman–Crippen LogP) is 3.73. The maximum absolute atomic E-state index is 13.1. The van der Waals surface area contributed by atoms with E-state index in [9.17, 15) is 13.2 Å². The molecule has 9 heteroatoms. The van der Waals surface area contributed by atoms with Gasteiger partial charge < -0.3 is 10.1 Å². The molecule has 0 aromatic heterocycles. The van der Waals surface area contributed by atoms with E-state index in [1.807, 2.05) is 6.92 Å². The minimum absolute atomic E-state index is 0.0308. The zero-order chi connectivity index (χ0) is 21.3. The van der Waals surface area contributed by atoms with Gasteiger partial charge in [-0.3, -0.25) is 4.79 Å². The molecule has 29 heavy (non-hydrogen) atoms. The number of rotatable bonds is 11. The molecule has 0 unspecified atom stereocenters. The molecule has 0 aliphatic carbocycles. The second kappa shape index (κ2) is 11.5. The van der Waals surface area contributed by atoms with Gasteiger partial charge in [-0.2, -0.15) is 4.31 Å². The lowest BCUT2D eigenvalue weighted by Crippen LogP contribution is -2.40. The summed E-state index contributed by atoms with van der Waals surface area (Å²) in [5, 5.41) is 3.58. The van der Waals surface area contributed by atoms with Crippen molar-refractivity contribution in [2.75, 3.05) is 26.3 Å². The molecule has 0 bridgehead atoms. The molecule has 0 aliphatic rings. The van der Waals surface area contributed by atoms with Crippen LogP contribution in [0.15, 0.2) is 53.4 Å². The number of hydrogen-bond acceptors (Lipinski definition) is 4. The van der Waals surface area contributed by atoms with E-state index in [1.54, 1.807) is 24.3 Å². The van der Waals surface area contributed by atoms with Gasteiger partial charge in [-0.25, -0.2) is 8.42 Å². The van der Waals surface area contributed by atoms with E-state index in [0.717, 1.165) is 4.31 Å². The quantitative estimate of drug-likeness (QED) is 0.520. The maximum Gasteiger partial charge on any atom is 0.243 e. The van der Waals surface area contributed by atoms with Crippen LogP contribution in [-0.4, -0.2) is 44.9 Å². The third kappa shape index (κ3) is 7.28. The van der Waals surface area contributed by atoms with Gasteiger partial charge in [-0.1, -0.05) is 41.4 Å². The zero-order valence-electron chi connectivity index (χ0n) is 16.1. The zero-order valence-corrected chi connectivity index (χ0v) is 18.4. The summed E-state index contributed by atoms with van der Waals surface area (Å²) in [6.07, 6.45) is 0.647. The summed E-state index contributed by atoms with van der Waals surface area (Å²) >= 11 is 12.1. The van der Waals surface area contributed by atoms with Crippen LogP contribution in [0.4, 0.5) is 0 Å². The van der Waals surface area contributed by atoms with E-state index < -0.39 is 15.9 Å². The van der Waals surface area contributed by atoms with Gasteiger partial charge in [-0.15, -0.1) is 0 Å². The van der Waals surface area contributed by atoms with Gasteiger partial charge in [0.15, 0.2) is 0 Å². The van der Waals surface area contributed by atoms with E-state index in [2.05, 4.69) is 5.32 Å². The lowest BCUT2D eigenvalue weighted by Gasteiger charge is -2.22. The van der Waals surface area contributed by atoms with Crippen molar-refractivity contribution in [1.29, 1.82) is 0 Å². The molecule has 0 atom stereocenters. The van der Waals surface area contributed by atoms with Crippen molar-refractivity contribution in [1.82, 2.24) is 9.62 Å². The molecular formula is C20H24Cl2N2O4S. The number of halogens is 2. The topological polar surface area (TPSA) is 75.7 Å². The van der Waals surface area contributed by atoms with Crippen LogP contribution in [0.25, 0.3) is 0 Å². The van der Waals surface area contributed by atoms with E-state index >= 15 is 0 Å². The molecule has 0 fully saturated rings. The SMILES string of the molecule is CCOCCCNC(=O)CN(Cc1ccccc1Cl)S(=O)(=O)c1ccc(Cl)cc1. The van der Waals surface area contributed by atoms with Crippen LogP contribution in [0.1, 0.15) is 18.9 Å². The van der Waals surface area contributed by atoms with Crippen LogP contribution in [0.5, 0.6) is 0 Å². The average molecular weight is 459 g/mol. The summed E-state index contributed by atoms with van der Waals surface area (Å²) in [7, 11) is -3.94. The van der Waals surface area contributed by atoms with Crippen LogP contribution in [0.2, 0.25) is 10.0 Å². The number of carbonyl (C=O) groups is 1. The molecule has 0 radical (unpaired) electrons. The number of amides is 1. The van der Waals surface area contributed by atoms with Crippen molar-refractivity contribution >= 4 is 39.1 Å². The molecular weight excluding hydrogens is 435 g/mol. The van der Waals surface area contributed by atoms with Gasteiger partial charge in [0.2, 0.25) is 15.9 Å². The van der Waals surface area contributed by atoms with Crippen molar-refractivity contribution in [3.63, 3.8) is 0 Å². The van der Waals surface area contributed by atoms with Gasteiger partial charge in [0.05, 0.1) is 11.4 Å². The number of ether oxygens (including phenoxy) is 1. The summed E-state index contributed by atoms with van der Waals surface area (Å²) in [6, 6.07) is 12.8. The normalized spacial score (nSPS) is 11.6. The Morgan fingerprint density at radius 2 is 1.79 bits per heavy atom. The third-order valence-electron chi connectivity index (χ3n) is 4.07. The van der Waals surface area contributed by atoms with E-state index in [4.69, 9.17) is 27.9 Å². The Hall–Kier alpha value is -1.64. The van der Waals surface area contributed by atoms with Gasteiger partial charge in [0.25, 0.3) is 0 Å². The minimum Gasteiger partial charge on any atom is -0.382 e. The molecule has 0 spiro atoms. The smallest absolute Gasteiger partial charge is 0.243 e. The molecule has 6 nitrogen and oxygen atoms in total. The number of nitrogens with one attached hydrogen (secondary N) is 1. The fourth-order valence-electron chi connectivity index (χ4n) is 2.56. The molecule has 0 heterocycles. The first-order valence-corrected chi connectivity index (χ1v) is 11.4. The Morgan fingerprint density at radius 1 is 1.10 bits per heavy atom. The lowest BCUT2D eigenvalue weighted by atomic mass is 10.2. The highest BCUT2D eigenvalue weighted by molar-refractivity contribution is 7.89. The summed E-state index contributed by atoms with van der Waals surface area (Å²) in [5.41, 5.74) is 0.607. The fraction of sp³-hybridized carbons (Fsp3) is 0.350. The first-order valence-electron chi connectivity index (χ1n) is 9.18. The predicted molar refractivity (Wildman–Crippen MR) is 115 cm³/mol. The highest BCUT2D eigenvalue weighted by Crippen LogP contribution is 2.23. The molecule has 158 valence electrons. The summed E-state index contributed by atoms with van der Waals surface area (Å²) in [4.78, 5) is 12.4. The molecule has 2 rings (SSSR count). The fourth-order valence-corrected chi connectivity index (χ4v) is 4.26. The van der Waals surface area contributed by atoms with Crippen molar-refractivity contribution in [2.45, 2.75) is 24.8 Å². The van der Waals surface area contributed by atoms with Crippen molar-refractivity contribution in [3.8, 4) is 0 Å². The molecule has 2 aromatic rings. The van der Waals surface area contributed by atoms with Crippen LogP contribution >= 0.6 is 23.2 Å². The van der Waals surface area contributed by atoms with E-state index in [1.165, 1.54) is 24.3 Å². The van der Waals surface area contributed by atoms with Crippen molar-refractivity contribution in [2.24, 2.45) is 0 Å². The van der Waals surface area contributed by atoms with Gasteiger partial charge in [0, 0.05) is 36.3 Å². The first-order chi connectivity index (χ1) is 13.8. The van der Waals surface area contributed by atoms with Gasteiger partial charge in [0.1, 0.15) is 0 Å². The highest BCUT2D eigenvalue weighted by Gasteiger charge is 2.27. The molecule has 1 N–H and O–H groups in total. The number of benzene rings is 2. The second-order valence-corrected chi connectivity index (χ2v) is 9.00. The summed E-state index contributed by atoms with van der Waals surface area (Å²) < 4.78 is 32.6. The van der Waals surface area contributed by atoms with E-state index in [0.29, 0.717) is 41.8 Å². The number of sulfonamides is 1. The minimum atomic E-state index is -3.94. The maximum atomic E-state index is 13.1. The lowest BCUT2D eigenvalue weighted by molar-refractivity contribution is -0.121. The number of nitrogens with zero attached hydrogens (tertiary/aromatic N) is 1. The van der Waals surface area contributed by atoms with Crippen molar-refractivity contribution in [3.05, 3.63) is 64.1 Å². The first kappa shape index (κ1) is 23.6. The Bertz CT molecular complexity index is 905. The Balaban J connectivity index is 2.18. The molecule has 0 aliphatic heterocycles.